The Morgan fingerprint density at radius 2 is 1.95 bits per heavy atom. The number of likely N-dealkylation sites (N-methyl/N-ethyl adjacent to an activating group) is 1. The lowest BCUT2D eigenvalue weighted by molar-refractivity contribution is -0.134. The Morgan fingerprint density at radius 1 is 1.32 bits per heavy atom. The second-order valence-electron chi connectivity index (χ2n) is 5.03. The molecule has 1 atom stereocenters. The number of aliphatic hydroxyl groups excluding tert-OH is 1. The summed E-state index contributed by atoms with van der Waals surface area (Å²) in [5, 5.41) is 9.81. The maximum absolute atomic E-state index is 11.6. The molecule has 0 fully saturated rings. The minimum atomic E-state index is -0.656. The molecule has 1 unspecified atom stereocenters. The summed E-state index contributed by atoms with van der Waals surface area (Å²) < 4.78 is 5.43. The fraction of sp³-hybridized carbons (Fsp3) is 0.533. The minimum absolute atomic E-state index is 0.0297. The number of hydrogen-bond acceptors (Lipinski definition) is 3. The van der Waals surface area contributed by atoms with Gasteiger partial charge in [0, 0.05) is 19.5 Å². The average molecular weight is 265 g/mol. The number of carbonyl (C=O) groups is 1. The number of amides is 1. The van der Waals surface area contributed by atoms with Crippen LogP contribution in [-0.2, 0) is 16.1 Å². The Kier molecular flexibility index (Phi) is 6.53. The van der Waals surface area contributed by atoms with Gasteiger partial charge >= 0.3 is 0 Å². The molecule has 1 aromatic rings. The standard InChI is InChI=1S/C15H23NO3/c1-12(2)15(18)16(3)9-14(17)11-19-10-13-7-5-4-6-8-13/h4-8,12,14,17H,9-11H2,1-3H3. The summed E-state index contributed by atoms with van der Waals surface area (Å²) in [6.07, 6.45) is -0.656. The number of nitrogens with zero attached hydrogens (tertiary/aromatic N) is 1. The smallest absolute Gasteiger partial charge is 0.224 e. The maximum atomic E-state index is 11.6. The van der Waals surface area contributed by atoms with Crippen molar-refractivity contribution in [3.8, 4) is 0 Å². The minimum Gasteiger partial charge on any atom is -0.389 e. The van der Waals surface area contributed by atoms with E-state index in [9.17, 15) is 9.90 Å². The zero-order valence-electron chi connectivity index (χ0n) is 11.9. The highest BCUT2D eigenvalue weighted by molar-refractivity contribution is 5.77. The van der Waals surface area contributed by atoms with Crippen LogP contribution >= 0.6 is 0 Å². The van der Waals surface area contributed by atoms with Crippen molar-refractivity contribution >= 4 is 5.91 Å². The van der Waals surface area contributed by atoms with Crippen LogP contribution in [0, 0.1) is 5.92 Å². The van der Waals surface area contributed by atoms with Gasteiger partial charge in [-0.1, -0.05) is 44.2 Å². The first kappa shape index (κ1) is 15.7. The van der Waals surface area contributed by atoms with Gasteiger partial charge in [0.15, 0.2) is 0 Å². The molecule has 0 aliphatic rings. The molecule has 0 saturated carbocycles. The van der Waals surface area contributed by atoms with Crippen molar-refractivity contribution in [2.45, 2.75) is 26.6 Å². The Labute approximate surface area is 115 Å². The van der Waals surface area contributed by atoms with Crippen LogP contribution in [0.1, 0.15) is 19.4 Å². The van der Waals surface area contributed by atoms with Crippen molar-refractivity contribution in [3.63, 3.8) is 0 Å². The van der Waals surface area contributed by atoms with E-state index in [4.69, 9.17) is 4.74 Å². The highest BCUT2D eigenvalue weighted by atomic mass is 16.5. The van der Waals surface area contributed by atoms with Crippen LogP contribution in [-0.4, -0.2) is 42.2 Å². The molecule has 106 valence electrons. The van der Waals surface area contributed by atoms with Crippen LogP contribution in [0.4, 0.5) is 0 Å². The Morgan fingerprint density at radius 3 is 2.53 bits per heavy atom. The second-order valence-corrected chi connectivity index (χ2v) is 5.03. The van der Waals surface area contributed by atoms with Gasteiger partial charge in [0.2, 0.25) is 5.91 Å². The highest BCUT2D eigenvalue weighted by Gasteiger charge is 2.16. The molecular formula is C15H23NO3. The summed E-state index contributed by atoms with van der Waals surface area (Å²) in [6, 6.07) is 9.79. The Bertz CT molecular complexity index is 378. The summed E-state index contributed by atoms with van der Waals surface area (Å²) in [4.78, 5) is 13.2. The van der Waals surface area contributed by atoms with Crippen molar-refractivity contribution in [2.75, 3.05) is 20.2 Å². The van der Waals surface area contributed by atoms with E-state index in [1.807, 2.05) is 44.2 Å². The van der Waals surface area contributed by atoms with Crippen LogP contribution in [0.5, 0.6) is 0 Å². The number of aliphatic hydroxyl groups is 1. The van der Waals surface area contributed by atoms with E-state index in [2.05, 4.69) is 0 Å². The van der Waals surface area contributed by atoms with Crippen molar-refractivity contribution in [3.05, 3.63) is 35.9 Å². The quantitative estimate of drug-likeness (QED) is 0.816. The van der Waals surface area contributed by atoms with Gasteiger partial charge in [0.05, 0.1) is 19.3 Å². The maximum Gasteiger partial charge on any atom is 0.224 e. The number of hydrogen-bond donors (Lipinski definition) is 1. The molecule has 0 bridgehead atoms. The predicted molar refractivity (Wildman–Crippen MR) is 74.6 cm³/mol. The normalized spacial score (nSPS) is 12.5. The first-order valence-electron chi connectivity index (χ1n) is 6.55. The van der Waals surface area contributed by atoms with Crippen LogP contribution in [0.3, 0.4) is 0 Å². The molecule has 4 heteroatoms. The van der Waals surface area contributed by atoms with Crippen LogP contribution in [0.15, 0.2) is 30.3 Å². The molecule has 0 spiro atoms. The molecule has 19 heavy (non-hydrogen) atoms. The number of carbonyl (C=O) groups excluding carboxylic acids is 1. The van der Waals surface area contributed by atoms with E-state index < -0.39 is 6.10 Å². The first-order chi connectivity index (χ1) is 9.00. The van der Waals surface area contributed by atoms with E-state index in [0.29, 0.717) is 13.2 Å². The van der Waals surface area contributed by atoms with Crippen molar-refractivity contribution in [2.24, 2.45) is 5.92 Å². The molecule has 0 aromatic heterocycles. The summed E-state index contributed by atoms with van der Waals surface area (Å²) in [5.41, 5.74) is 1.07. The average Bonchev–Trinajstić information content (AvgIpc) is 2.38. The summed E-state index contributed by atoms with van der Waals surface area (Å²) >= 11 is 0. The summed E-state index contributed by atoms with van der Waals surface area (Å²) in [5.74, 6) is -0.0236. The lowest BCUT2D eigenvalue weighted by atomic mass is 10.2. The Hall–Kier alpha value is -1.39. The molecular weight excluding hydrogens is 242 g/mol. The lowest BCUT2D eigenvalue weighted by Crippen LogP contribution is -2.38. The van der Waals surface area contributed by atoms with Gasteiger partial charge in [-0.25, -0.2) is 0 Å². The second kappa shape index (κ2) is 7.92. The van der Waals surface area contributed by atoms with E-state index in [1.165, 1.54) is 0 Å². The van der Waals surface area contributed by atoms with Gasteiger partial charge in [-0.05, 0) is 5.56 Å². The number of benzene rings is 1. The third kappa shape index (κ3) is 5.85. The fourth-order valence-electron chi connectivity index (χ4n) is 1.79. The Balaban J connectivity index is 2.24. The molecule has 0 heterocycles. The van der Waals surface area contributed by atoms with Crippen molar-refractivity contribution in [1.29, 1.82) is 0 Å². The molecule has 1 aromatic carbocycles. The third-order valence-electron chi connectivity index (χ3n) is 2.78. The van der Waals surface area contributed by atoms with Gasteiger partial charge in [0.1, 0.15) is 0 Å². The molecule has 0 aliphatic carbocycles. The number of rotatable bonds is 7. The lowest BCUT2D eigenvalue weighted by Gasteiger charge is -2.22. The van der Waals surface area contributed by atoms with Crippen molar-refractivity contribution in [1.82, 2.24) is 4.90 Å². The third-order valence-corrected chi connectivity index (χ3v) is 2.78. The van der Waals surface area contributed by atoms with Crippen LogP contribution in [0.25, 0.3) is 0 Å². The van der Waals surface area contributed by atoms with Gasteiger partial charge in [-0.2, -0.15) is 0 Å². The van der Waals surface area contributed by atoms with E-state index in [1.54, 1.807) is 11.9 Å². The van der Waals surface area contributed by atoms with E-state index in [-0.39, 0.29) is 18.4 Å². The zero-order valence-corrected chi connectivity index (χ0v) is 11.9. The largest absolute Gasteiger partial charge is 0.389 e. The van der Waals surface area contributed by atoms with Gasteiger partial charge in [-0.15, -0.1) is 0 Å². The summed E-state index contributed by atoms with van der Waals surface area (Å²) in [6.45, 7) is 4.68. The SMILES string of the molecule is CC(C)C(=O)N(C)CC(O)COCc1ccccc1. The highest BCUT2D eigenvalue weighted by Crippen LogP contribution is 2.03. The van der Waals surface area contributed by atoms with Gasteiger partial charge in [-0.3, -0.25) is 4.79 Å². The number of ether oxygens (including phenoxy) is 1. The molecule has 1 amide bonds. The van der Waals surface area contributed by atoms with Crippen LogP contribution in [0.2, 0.25) is 0 Å². The molecule has 0 radical (unpaired) electrons. The fourth-order valence-corrected chi connectivity index (χ4v) is 1.79. The van der Waals surface area contributed by atoms with Crippen molar-refractivity contribution < 1.29 is 14.6 Å². The molecule has 0 aliphatic heterocycles. The first-order valence-corrected chi connectivity index (χ1v) is 6.55. The molecule has 1 N–H and O–H groups in total. The zero-order chi connectivity index (χ0) is 14.3. The van der Waals surface area contributed by atoms with Crippen LogP contribution < -0.4 is 0 Å². The monoisotopic (exact) mass is 265 g/mol. The topological polar surface area (TPSA) is 49.8 Å². The molecule has 1 rings (SSSR count). The summed E-state index contributed by atoms with van der Waals surface area (Å²) in [7, 11) is 1.70. The molecule has 4 nitrogen and oxygen atoms in total. The van der Waals surface area contributed by atoms with E-state index >= 15 is 0 Å². The van der Waals surface area contributed by atoms with Gasteiger partial charge in [0.25, 0.3) is 0 Å². The van der Waals surface area contributed by atoms with Gasteiger partial charge < -0.3 is 14.7 Å². The predicted octanol–water partition coefficient (Wildman–Crippen LogP) is 1.68. The molecule has 0 saturated heterocycles. The van der Waals surface area contributed by atoms with E-state index in [0.717, 1.165) is 5.56 Å².